The van der Waals surface area contributed by atoms with Gasteiger partial charge in [0.15, 0.2) is 0 Å². The predicted octanol–water partition coefficient (Wildman–Crippen LogP) is 4.74. The highest BCUT2D eigenvalue weighted by Gasteiger charge is 2.06. The van der Waals surface area contributed by atoms with E-state index in [1.165, 1.54) is 21.2 Å². The standard InChI is InChI=1S/C17H16BrNOS/c18-16-6-5-14(9-12(16)7-8-19)20-10-13-11-21-17-4-2-1-3-15(13)17/h1-6,9,11H,7-8,10,19H2. The van der Waals surface area contributed by atoms with Crippen molar-refractivity contribution < 1.29 is 4.74 Å². The molecule has 0 bridgehead atoms. The second-order valence-electron chi connectivity index (χ2n) is 4.84. The molecule has 1 heterocycles. The predicted molar refractivity (Wildman–Crippen MR) is 93.1 cm³/mol. The molecular formula is C17H16BrNOS. The smallest absolute Gasteiger partial charge is 0.120 e. The summed E-state index contributed by atoms with van der Waals surface area (Å²) in [6, 6.07) is 14.5. The van der Waals surface area contributed by atoms with E-state index in [0.29, 0.717) is 13.2 Å². The van der Waals surface area contributed by atoms with Crippen LogP contribution in [0.2, 0.25) is 0 Å². The molecule has 1 aromatic heterocycles. The van der Waals surface area contributed by atoms with Gasteiger partial charge in [0, 0.05) is 14.7 Å². The fraction of sp³-hybridized carbons (Fsp3) is 0.176. The van der Waals surface area contributed by atoms with Crippen molar-refractivity contribution in [2.45, 2.75) is 13.0 Å². The van der Waals surface area contributed by atoms with E-state index in [-0.39, 0.29) is 0 Å². The van der Waals surface area contributed by atoms with E-state index in [9.17, 15) is 0 Å². The third-order valence-corrected chi connectivity index (χ3v) is 5.17. The Kier molecular flexibility index (Phi) is 4.58. The Morgan fingerprint density at radius 3 is 2.81 bits per heavy atom. The van der Waals surface area contributed by atoms with Gasteiger partial charge in [-0.2, -0.15) is 0 Å². The lowest BCUT2D eigenvalue weighted by atomic mass is 10.1. The lowest BCUT2D eigenvalue weighted by molar-refractivity contribution is 0.307. The van der Waals surface area contributed by atoms with Crippen LogP contribution in [0.4, 0.5) is 0 Å². The van der Waals surface area contributed by atoms with E-state index in [0.717, 1.165) is 16.6 Å². The Hall–Kier alpha value is -1.36. The zero-order valence-electron chi connectivity index (χ0n) is 11.5. The first-order chi connectivity index (χ1) is 10.3. The quantitative estimate of drug-likeness (QED) is 0.711. The first kappa shape index (κ1) is 14.6. The average molecular weight is 362 g/mol. The molecule has 0 saturated carbocycles. The molecule has 2 nitrogen and oxygen atoms in total. The zero-order chi connectivity index (χ0) is 14.7. The third-order valence-electron chi connectivity index (χ3n) is 3.39. The van der Waals surface area contributed by atoms with Gasteiger partial charge >= 0.3 is 0 Å². The number of benzene rings is 2. The molecule has 0 fully saturated rings. The summed E-state index contributed by atoms with van der Waals surface area (Å²) in [6.07, 6.45) is 0.846. The maximum absolute atomic E-state index is 5.95. The van der Waals surface area contributed by atoms with Crippen LogP contribution in [0.15, 0.2) is 52.3 Å². The van der Waals surface area contributed by atoms with Gasteiger partial charge < -0.3 is 10.5 Å². The third kappa shape index (κ3) is 3.28. The molecule has 0 spiro atoms. The molecule has 0 saturated heterocycles. The van der Waals surface area contributed by atoms with E-state index in [2.05, 4.69) is 51.6 Å². The van der Waals surface area contributed by atoms with Gasteiger partial charge in [-0.1, -0.05) is 34.1 Å². The topological polar surface area (TPSA) is 35.2 Å². The summed E-state index contributed by atoms with van der Waals surface area (Å²) in [6.45, 7) is 1.23. The van der Waals surface area contributed by atoms with E-state index in [4.69, 9.17) is 10.5 Å². The Balaban J connectivity index is 1.77. The van der Waals surface area contributed by atoms with Gasteiger partial charge in [0.1, 0.15) is 12.4 Å². The maximum atomic E-state index is 5.95. The number of nitrogens with two attached hydrogens (primary N) is 1. The van der Waals surface area contributed by atoms with Crippen LogP contribution in [0, 0.1) is 0 Å². The number of fused-ring (bicyclic) bond motifs is 1. The molecule has 0 amide bonds. The van der Waals surface area contributed by atoms with Crippen LogP contribution in [0.25, 0.3) is 10.1 Å². The molecule has 3 rings (SSSR count). The highest BCUT2D eigenvalue weighted by molar-refractivity contribution is 9.10. The number of halogens is 1. The lowest BCUT2D eigenvalue weighted by Gasteiger charge is -2.09. The van der Waals surface area contributed by atoms with Gasteiger partial charge in [0.05, 0.1) is 0 Å². The summed E-state index contributed by atoms with van der Waals surface area (Å²) in [4.78, 5) is 0. The minimum absolute atomic E-state index is 0.591. The second kappa shape index (κ2) is 6.60. The average Bonchev–Trinajstić information content (AvgIpc) is 2.92. The molecule has 4 heteroatoms. The molecule has 0 aliphatic carbocycles. The Morgan fingerprint density at radius 2 is 1.95 bits per heavy atom. The van der Waals surface area contributed by atoms with Gasteiger partial charge in [-0.3, -0.25) is 0 Å². The molecule has 0 unspecified atom stereocenters. The molecular weight excluding hydrogens is 346 g/mol. The van der Waals surface area contributed by atoms with E-state index in [1.54, 1.807) is 11.3 Å². The lowest BCUT2D eigenvalue weighted by Crippen LogP contribution is -2.03. The van der Waals surface area contributed by atoms with Crippen molar-refractivity contribution in [1.82, 2.24) is 0 Å². The SMILES string of the molecule is NCCc1cc(OCc2csc3ccccc23)ccc1Br. The van der Waals surface area contributed by atoms with Crippen molar-refractivity contribution in [2.24, 2.45) is 5.73 Å². The van der Waals surface area contributed by atoms with Crippen molar-refractivity contribution in [2.75, 3.05) is 6.54 Å². The summed E-state index contributed by atoms with van der Waals surface area (Å²) in [5.41, 5.74) is 8.05. The maximum Gasteiger partial charge on any atom is 0.120 e. The van der Waals surface area contributed by atoms with Crippen molar-refractivity contribution in [3.05, 3.63) is 63.4 Å². The van der Waals surface area contributed by atoms with Gasteiger partial charge in [-0.25, -0.2) is 0 Å². The highest BCUT2D eigenvalue weighted by atomic mass is 79.9. The Morgan fingerprint density at radius 1 is 1.10 bits per heavy atom. The van der Waals surface area contributed by atoms with Crippen molar-refractivity contribution in [3.63, 3.8) is 0 Å². The largest absolute Gasteiger partial charge is 0.489 e. The van der Waals surface area contributed by atoms with Crippen molar-refractivity contribution in [3.8, 4) is 5.75 Å². The molecule has 21 heavy (non-hydrogen) atoms. The molecule has 0 atom stereocenters. The van der Waals surface area contributed by atoms with Crippen LogP contribution >= 0.6 is 27.3 Å². The van der Waals surface area contributed by atoms with Gasteiger partial charge in [0.25, 0.3) is 0 Å². The fourth-order valence-corrected chi connectivity index (χ4v) is 3.69. The van der Waals surface area contributed by atoms with Gasteiger partial charge in [-0.05, 0) is 53.6 Å². The molecule has 2 N–H and O–H groups in total. The highest BCUT2D eigenvalue weighted by Crippen LogP contribution is 2.28. The Bertz CT molecular complexity index is 753. The summed E-state index contributed by atoms with van der Waals surface area (Å²) < 4.78 is 8.33. The molecule has 108 valence electrons. The first-order valence-corrected chi connectivity index (χ1v) is 8.51. The molecule has 0 aliphatic heterocycles. The summed E-state index contributed by atoms with van der Waals surface area (Å²) in [5.74, 6) is 0.886. The van der Waals surface area contributed by atoms with E-state index in [1.807, 2.05) is 12.1 Å². The minimum atomic E-state index is 0.591. The number of hydrogen-bond acceptors (Lipinski definition) is 3. The summed E-state index contributed by atoms with van der Waals surface area (Å²) in [7, 11) is 0. The molecule has 0 aliphatic rings. The molecule has 2 aromatic carbocycles. The Labute approximate surface area is 136 Å². The second-order valence-corrected chi connectivity index (χ2v) is 6.60. The van der Waals surface area contributed by atoms with E-state index < -0.39 is 0 Å². The fourth-order valence-electron chi connectivity index (χ4n) is 2.29. The van der Waals surface area contributed by atoms with Crippen molar-refractivity contribution in [1.29, 1.82) is 0 Å². The number of ether oxygens (including phenoxy) is 1. The van der Waals surface area contributed by atoms with Crippen LogP contribution in [-0.2, 0) is 13.0 Å². The normalized spacial score (nSPS) is 11.0. The number of thiophene rings is 1. The van der Waals surface area contributed by atoms with Gasteiger partial charge in [0.2, 0.25) is 0 Å². The zero-order valence-corrected chi connectivity index (χ0v) is 13.9. The first-order valence-electron chi connectivity index (χ1n) is 6.84. The number of rotatable bonds is 5. The number of hydrogen-bond donors (Lipinski definition) is 1. The van der Waals surface area contributed by atoms with Crippen LogP contribution in [-0.4, -0.2) is 6.54 Å². The van der Waals surface area contributed by atoms with Crippen LogP contribution in [0.1, 0.15) is 11.1 Å². The van der Waals surface area contributed by atoms with Crippen molar-refractivity contribution >= 4 is 37.4 Å². The minimum Gasteiger partial charge on any atom is -0.489 e. The molecule has 3 aromatic rings. The monoisotopic (exact) mass is 361 g/mol. The van der Waals surface area contributed by atoms with Crippen LogP contribution in [0.5, 0.6) is 5.75 Å². The summed E-state index contributed by atoms with van der Waals surface area (Å²) >= 11 is 5.30. The molecule has 0 radical (unpaired) electrons. The van der Waals surface area contributed by atoms with Crippen LogP contribution < -0.4 is 10.5 Å². The van der Waals surface area contributed by atoms with Gasteiger partial charge in [-0.15, -0.1) is 11.3 Å². The van der Waals surface area contributed by atoms with E-state index >= 15 is 0 Å². The van der Waals surface area contributed by atoms with Crippen LogP contribution in [0.3, 0.4) is 0 Å². The summed E-state index contributed by atoms with van der Waals surface area (Å²) in [5, 5.41) is 3.45.